The van der Waals surface area contributed by atoms with Crippen molar-refractivity contribution in [2.24, 2.45) is 0 Å². The van der Waals surface area contributed by atoms with E-state index in [4.69, 9.17) is 0 Å². The van der Waals surface area contributed by atoms with E-state index in [0.717, 1.165) is 4.31 Å². The molecule has 10 nitrogen and oxygen atoms in total. The third-order valence-electron chi connectivity index (χ3n) is 4.58. The van der Waals surface area contributed by atoms with Crippen LogP contribution in [-0.2, 0) is 19.6 Å². The van der Waals surface area contributed by atoms with E-state index in [1.165, 1.54) is 52.2 Å². The van der Waals surface area contributed by atoms with Gasteiger partial charge in [0.1, 0.15) is 5.75 Å². The van der Waals surface area contributed by atoms with Gasteiger partial charge in [-0.3, -0.25) is 14.9 Å². The number of nitro benzene ring substituents is 1. The molecule has 0 aromatic heterocycles. The Morgan fingerprint density at radius 2 is 1.79 bits per heavy atom. The number of dihydropyridines is 1. The Kier molecular flexibility index (Phi) is 6.24. The molecule has 11 heteroatoms. The molecule has 2 N–H and O–H groups in total. The molecule has 0 radical (unpaired) electrons. The fraction of sp³-hybridized carbons (Fsp3) is 0.333. The third-order valence-corrected chi connectivity index (χ3v) is 6.32. The lowest BCUT2D eigenvalue weighted by Crippen LogP contribution is -2.35. The second-order valence-electron chi connectivity index (χ2n) is 6.75. The summed E-state index contributed by atoms with van der Waals surface area (Å²) in [5.41, 5.74) is 0.262. The number of nitro groups is 1. The highest BCUT2D eigenvalue weighted by molar-refractivity contribution is 7.89. The SMILES string of the molecule is CC1=C(C(=O)O)C(c2cccc([N+](=O)[O-])c2)C(C(=O)CS(=O)(=O)N(C)C)=C(C)N1. The summed E-state index contributed by atoms with van der Waals surface area (Å²) >= 11 is 0. The van der Waals surface area contributed by atoms with Crippen molar-refractivity contribution < 1.29 is 28.0 Å². The van der Waals surface area contributed by atoms with Crippen LogP contribution in [0, 0.1) is 10.1 Å². The normalized spacial score (nSPS) is 17.3. The molecule has 1 aromatic rings. The number of hydrogen-bond donors (Lipinski definition) is 2. The summed E-state index contributed by atoms with van der Waals surface area (Å²) in [4.78, 5) is 35.4. The second kappa shape index (κ2) is 8.13. The monoisotopic (exact) mass is 423 g/mol. The van der Waals surface area contributed by atoms with Gasteiger partial charge in [-0.25, -0.2) is 17.5 Å². The van der Waals surface area contributed by atoms with Crippen LogP contribution in [0.1, 0.15) is 25.3 Å². The number of aliphatic carboxylic acids is 1. The molecule has 1 unspecified atom stereocenters. The van der Waals surface area contributed by atoms with Crippen molar-refractivity contribution in [1.29, 1.82) is 0 Å². The Bertz CT molecular complexity index is 1050. The first-order valence-electron chi connectivity index (χ1n) is 8.46. The molecule has 0 bridgehead atoms. The van der Waals surface area contributed by atoms with Gasteiger partial charge in [0, 0.05) is 49.1 Å². The minimum Gasteiger partial charge on any atom is -0.478 e. The van der Waals surface area contributed by atoms with Crippen molar-refractivity contribution in [1.82, 2.24) is 9.62 Å². The Morgan fingerprint density at radius 1 is 1.21 bits per heavy atom. The average Bonchev–Trinajstić information content (AvgIpc) is 2.59. The van der Waals surface area contributed by atoms with E-state index in [2.05, 4.69) is 5.32 Å². The van der Waals surface area contributed by atoms with E-state index in [9.17, 15) is 33.2 Å². The van der Waals surface area contributed by atoms with Gasteiger partial charge in [-0.15, -0.1) is 0 Å². The minimum absolute atomic E-state index is 0.0566. The van der Waals surface area contributed by atoms with Crippen molar-refractivity contribution in [3.63, 3.8) is 0 Å². The molecule has 2 rings (SSSR count). The number of non-ortho nitro benzene ring substituents is 1. The molecule has 0 fully saturated rings. The highest BCUT2D eigenvalue weighted by Gasteiger charge is 2.38. The van der Waals surface area contributed by atoms with Crippen LogP contribution in [0.3, 0.4) is 0 Å². The lowest BCUT2D eigenvalue weighted by atomic mass is 9.79. The van der Waals surface area contributed by atoms with Crippen molar-refractivity contribution >= 4 is 27.5 Å². The molecule has 1 heterocycles. The first-order chi connectivity index (χ1) is 13.4. The maximum atomic E-state index is 13.0. The number of rotatable bonds is 7. The van der Waals surface area contributed by atoms with Gasteiger partial charge in [-0.2, -0.15) is 0 Å². The maximum Gasteiger partial charge on any atom is 0.334 e. The van der Waals surface area contributed by atoms with Crippen LogP contribution in [0.15, 0.2) is 46.8 Å². The molecular formula is C18H21N3O7S. The summed E-state index contributed by atoms with van der Waals surface area (Å²) in [5, 5.41) is 23.7. The summed E-state index contributed by atoms with van der Waals surface area (Å²) in [6.45, 7) is 3.04. The van der Waals surface area contributed by atoms with Gasteiger partial charge in [0.2, 0.25) is 10.0 Å². The van der Waals surface area contributed by atoms with Gasteiger partial charge in [-0.05, 0) is 19.4 Å². The summed E-state index contributed by atoms with van der Waals surface area (Å²) in [5.74, 6) is -4.11. The molecule has 1 aliphatic rings. The van der Waals surface area contributed by atoms with Gasteiger partial charge in [0.25, 0.3) is 5.69 Å². The molecule has 0 amide bonds. The van der Waals surface area contributed by atoms with E-state index in [1.54, 1.807) is 0 Å². The fourth-order valence-electron chi connectivity index (χ4n) is 3.17. The van der Waals surface area contributed by atoms with E-state index >= 15 is 0 Å². The van der Waals surface area contributed by atoms with Crippen LogP contribution in [0.2, 0.25) is 0 Å². The molecule has 0 saturated carbocycles. The number of allylic oxidation sites excluding steroid dienone is 3. The largest absolute Gasteiger partial charge is 0.478 e. The molecule has 0 aliphatic carbocycles. The van der Waals surface area contributed by atoms with E-state index in [-0.39, 0.29) is 28.1 Å². The molecule has 0 spiro atoms. The van der Waals surface area contributed by atoms with Crippen LogP contribution in [0.4, 0.5) is 5.69 Å². The highest BCUT2D eigenvalue weighted by atomic mass is 32.2. The average molecular weight is 423 g/mol. The number of hydrogen-bond acceptors (Lipinski definition) is 7. The Balaban J connectivity index is 2.68. The number of carboxylic acids is 1. The molecule has 1 aromatic carbocycles. The minimum atomic E-state index is -3.90. The summed E-state index contributed by atoms with van der Waals surface area (Å²) in [7, 11) is -1.33. The lowest BCUT2D eigenvalue weighted by Gasteiger charge is -2.30. The van der Waals surface area contributed by atoms with Crippen molar-refractivity contribution in [2.75, 3.05) is 19.8 Å². The van der Waals surface area contributed by atoms with Crippen molar-refractivity contribution in [2.45, 2.75) is 19.8 Å². The van der Waals surface area contributed by atoms with Gasteiger partial charge in [-0.1, -0.05) is 12.1 Å². The number of sulfonamides is 1. The smallest absolute Gasteiger partial charge is 0.334 e. The number of carboxylic acid groups (broad SMARTS) is 1. The summed E-state index contributed by atoms with van der Waals surface area (Å²) < 4.78 is 25.3. The van der Waals surface area contributed by atoms with Crippen molar-refractivity contribution in [3.8, 4) is 0 Å². The molecule has 1 atom stereocenters. The molecule has 1 aliphatic heterocycles. The number of carbonyl (C=O) groups is 2. The number of nitrogens with zero attached hydrogens (tertiary/aromatic N) is 2. The van der Waals surface area contributed by atoms with Crippen LogP contribution >= 0.6 is 0 Å². The van der Waals surface area contributed by atoms with E-state index < -0.39 is 38.4 Å². The molecular weight excluding hydrogens is 402 g/mol. The topological polar surface area (TPSA) is 147 Å². The standard InChI is InChI=1S/C18H21N3O7S/c1-10-15(14(22)9-29(27,28)20(3)4)17(16(18(23)24)11(2)19-10)12-6-5-7-13(8-12)21(25)26/h5-8,17,19H,9H2,1-4H3,(H,23,24). The second-order valence-corrected chi connectivity index (χ2v) is 8.94. The van der Waals surface area contributed by atoms with Gasteiger partial charge >= 0.3 is 5.97 Å². The quantitative estimate of drug-likeness (QED) is 0.494. The Morgan fingerprint density at radius 3 is 2.31 bits per heavy atom. The van der Waals surface area contributed by atoms with Crippen LogP contribution in [0.5, 0.6) is 0 Å². The zero-order chi connectivity index (χ0) is 22.1. The Labute approximate surface area is 167 Å². The van der Waals surface area contributed by atoms with Crippen LogP contribution < -0.4 is 5.32 Å². The number of carbonyl (C=O) groups excluding carboxylic acids is 1. The van der Waals surface area contributed by atoms with Gasteiger partial charge in [0.05, 0.1) is 10.5 Å². The zero-order valence-electron chi connectivity index (χ0n) is 16.3. The summed E-state index contributed by atoms with van der Waals surface area (Å²) in [6, 6.07) is 5.29. The van der Waals surface area contributed by atoms with E-state index in [0.29, 0.717) is 5.70 Å². The molecule has 29 heavy (non-hydrogen) atoms. The molecule has 156 valence electrons. The number of benzene rings is 1. The van der Waals surface area contributed by atoms with Gasteiger partial charge in [0.15, 0.2) is 5.78 Å². The zero-order valence-corrected chi connectivity index (χ0v) is 17.1. The van der Waals surface area contributed by atoms with E-state index in [1.807, 2.05) is 0 Å². The molecule has 0 saturated heterocycles. The van der Waals surface area contributed by atoms with Crippen LogP contribution in [-0.4, -0.2) is 54.4 Å². The number of ketones is 1. The Hall–Kier alpha value is -3.05. The number of nitrogens with one attached hydrogen (secondary N) is 1. The highest BCUT2D eigenvalue weighted by Crippen LogP contribution is 2.39. The summed E-state index contributed by atoms with van der Waals surface area (Å²) in [6.07, 6.45) is 0. The first-order valence-corrected chi connectivity index (χ1v) is 10.1. The number of Topliss-reactive ketones (excluding diaryl/α,β-unsaturated/α-hetero) is 1. The first kappa shape index (κ1) is 22.2. The van der Waals surface area contributed by atoms with Crippen LogP contribution in [0.25, 0.3) is 0 Å². The third kappa shape index (κ3) is 4.51. The van der Waals surface area contributed by atoms with Gasteiger partial charge < -0.3 is 10.4 Å². The lowest BCUT2D eigenvalue weighted by molar-refractivity contribution is -0.384. The predicted octanol–water partition coefficient (Wildman–Crippen LogP) is 1.37. The predicted molar refractivity (Wildman–Crippen MR) is 104 cm³/mol. The maximum absolute atomic E-state index is 13.0. The fourth-order valence-corrected chi connectivity index (χ4v) is 3.92. The van der Waals surface area contributed by atoms with Crippen molar-refractivity contribution in [3.05, 3.63) is 62.5 Å².